The summed E-state index contributed by atoms with van der Waals surface area (Å²) in [5.74, 6) is 1.07. The number of nitrogens with zero attached hydrogens (tertiary/aromatic N) is 1. The fourth-order valence-electron chi connectivity index (χ4n) is 2.16. The Hall–Kier alpha value is -2.34. The molecule has 1 atom stereocenters. The smallest absolute Gasteiger partial charge is 0.258 e. The molecule has 2 aromatic rings. The SMILES string of the molecule is CCC(O)c1ccc(OCC(=O)NCc2c(C)noc2C)cc1. The predicted octanol–water partition coefficient (Wildman–Crippen LogP) is 2.43. The lowest BCUT2D eigenvalue weighted by atomic mass is 10.1. The molecule has 0 spiro atoms. The van der Waals surface area contributed by atoms with Gasteiger partial charge in [0.1, 0.15) is 11.5 Å². The summed E-state index contributed by atoms with van der Waals surface area (Å²) in [6.07, 6.45) is 0.187. The van der Waals surface area contributed by atoms with E-state index in [4.69, 9.17) is 9.26 Å². The normalized spacial score (nSPS) is 12.0. The molecule has 1 aromatic heterocycles. The average Bonchev–Trinajstić information content (AvgIpc) is 2.89. The van der Waals surface area contributed by atoms with Crippen molar-refractivity contribution >= 4 is 5.91 Å². The van der Waals surface area contributed by atoms with Gasteiger partial charge in [0.05, 0.1) is 11.8 Å². The minimum Gasteiger partial charge on any atom is -0.484 e. The third-order valence-electron chi connectivity index (χ3n) is 3.67. The summed E-state index contributed by atoms with van der Waals surface area (Å²) in [5.41, 5.74) is 2.49. The van der Waals surface area contributed by atoms with Crippen molar-refractivity contribution in [3.63, 3.8) is 0 Å². The van der Waals surface area contributed by atoms with Crippen molar-refractivity contribution in [3.05, 3.63) is 46.8 Å². The fraction of sp³-hybridized carbons (Fsp3) is 0.412. The minimum absolute atomic E-state index is 0.0704. The molecule has 0 radical (unpaired) electrons. The number of aryl methyl sites for hydroxylation is 2. The second-order valence-electron chi connectivity index (χ2n) is 5.36. The molecular formula is C17H22N2O4. The summed E-state index contributed by atoms with van der Waals surface area (Å²) in [6, 6.07) is 7.09. The van der Waals surface area contributed by atoms with Crippen molar-refractivity contribution in [2.75, 3.05) is 6.61 Å². The van der Waals surface area contributed by atoms with Gasteiger partial charge in [-0.3, -0.25) is 4.79 Å². The summed E-state index contributed by atoms with van der Waals surface area (Å²) in [6.45, 7) is 5.85. The number of aliphatic hydroxyl groups excluding tert-OH is 1. The number of ether oxygens (including phenoxy) is 1. The first-order valence-corrected chi connectivity index (χ1v) is 7.60. The molecule has 0 aliphatic heterocycles. The van der Waals surface area contributed by atoms with E-state index in [2.05, 4.69) is 10.5 Å². The summed E-state index contributed by atoms with van der Waals surface area (Å²) >= 11 is 0. The molecule has 0 bridgehead atoms. The van der Waals surface area contributed by atoms with Crippen LogP contribution in [0.1, 0.15) is 42.0 Å². The molecule has 2 N–H and O–H groups in total. The van der Waals surface area contributed by atoms with Crippen LogP contribution >= 0.6 is 0 Å². The number of hydrogen-bond donors (Lipinski definition) is 2. The van der Waals surface area contributed by atoms with Gasteiger partial charge >= 0.3 is 0 Å². The first-order chi connectivity index (χ1) is 11.0. The highest BCUT2D eigenvalue weighted by atomic mass is 16.5. The summed E-state index contributed by atoms with van der Waals surface area (Å²) in [4.78, 5) is 11.8. The summed E-state index contributed by atoms with van der Waals surface area (Å²) < 4.78 is 10.5. The number of aliphatic hydroxyl groups is 1. The lowest BCUT2D eigenvalue weighted by Gasteiger charge is -2.10. The third-order valence-corrected chi connectivity index (χ3v) is 3.67. The second-order valence-corrected chi connectivity index (χ2v) is 5.36. The van der Waals surface area contributed by atoms with E-state index in [1.807, 2.05) is 20.8 Å². The minimum atomic E-state index is -0.470. The van der Waals surface area contributed by atoms with Crippen LogP contribution in [0.3, 0.4) is 0 Å². The van der Waals surface area contributed by atoms with Gasteiger partial charge in [0.25, 0.3) is 5.91 Å². The van der Waals surface area contributed by atoms with E-state index in [1.54, 1.807) is 24.3 Å². The van der Waals surface area contributed by atoms with Crippen LogP contribution in [0.2, 0.25) is 0 Å². The van der Waals surface area contributed by atoms with Crippen molar-refractivity contribution in [1.82, 2.24) is 10.5 Å². The molecule has 124 valence electrons. The van der Waals surface area contributed by atoms with Crippen LogP contribution in [0.25, 0.3) is 0 Å². The van der Waals surface area contributed by atoms with E-state index < -0.39 is 6.10 Å². The van der Waals surface area contributed by atoms with Crippen molar-refractivity contribution in [2.45, 2.75) is 39.8 Å². The van der Waals surface area contributed by atoms with Crippen LogP contribution in [0, 0.1) is 13.8 Å². The molecule has 6 nitrogen and oxygen atoms in total. The lowest BCUT2D eigenvalue weighted by Crippen LogP contribution is -2.28. The number of carbonyl (C=O) groups is 1. The molecule has 0 aliphatic rings. The highest BCUT2D eigenvalue weighted by Gasteiger charge is 2.11. The van der Waals surface area contributed by atoms with Crippen molar-refractivity contribution in [1.29, 1.82) is 0 Å². The van der Waals surface area contributed by atoms with Gasteiger partial charge in [-0.1, -0.05) is 24.2 Å². The Balaban J connectivity index is 1.80. The largest absolute Gasteiger partial charge is 0.484 e. The second kappa shape index (κ2) is 7.78. The molecule has 0 saturated carbocycles. The summed E-state index contributed by atoms with van der Waals surface area (Å²) in [7, 11) is 0. The molecule has 2 rings (SSSR count). The van der Waals surface area contributed by atoms with Crippen molar-refractivity contribution in [2.24, 2.45) is 0 Å². The number of benzene rings is 1. The Kier molecular flexibility index (Phi) is 5.76. The van der Waals surface area contributed by atoms with E-state index in [1.165, 1.54) is 0 Å². The molecule has 1 aromatic carbocycles. The van der Waals surface area contributed by atoms with Crippen LogP contribution in [0.15, 0.2) is 28.8 Å². The zero-order valence-electron chi connectivity index (χ0n) is 13.6. The molecular weight excluding hydrogens is 296 g/mol. The Bertz CT molecular complexity index is 630. The molecule has 0 aliphatic carbocycles. The number of aromatic nitrogens is 1. The monoisotopic (exact) mass is 318 g/mol. The van der Waals surface area contributed by atoms with Crippen LogP contribution in [0.4, 0.5) is 0 Å². The number of rotatable bonds is 7. The molecule has 6 heteroatoms. The van der Waals surface area contributed by atoms with Crippen LogP contribution < -0.4 is 10.1 Å². The number of hydrogen-bond acceptors (Lipinski definition) is 5. The molecule has 1 amide bonds. The standard InChI is InChI=1S/C17H22N2O4/c1-4-16(20)13-5-7-14(8-6-13)22-10-17(21)18-9-15-11(2)19-23-12(15)3/h5-8,16,20H,4,9-10H2,1-3H3,(H,18,21). The topological polar surface area (TPSA) is 84.6 Å². The van der Waals surface area contributed by atoms with E-state index in [-0.39, 0.29) is 12.5 Å². The van der Waals surface area contributed by atoms with Gasteiger partial charge in [-0.25, -0.2) is 0 Å². The van der Waals surface area contributed by atoms with Gasteiger partial charge in [-0.05, 0) is 38.0 Å². The molecule has 1 unspecified atom stereocenters. The van der Waals surface area contributed by atoms with E-state index >= 15 is 0 Å². The van der Waals surface area contributed by atoms with Gasteiger partial charge in [0.15, 0.2) is 6.61 Å². The van der Waals surface area contributed by atoms with E-state index in [9.17, 15) is 9.90 Å². The summed E-state index contributed by atoms with van der Waals surface area (Å²) in [5, 5.41) is 16.3. The van der Waals surface area contributed by atoms with Gasteiger partial charge in [-0.15, -0.1) is 0 Å². The Morgan fingerprint density at radius 1 is 1.35 bits per heavy atom. The van der Waals surface area contributed by atoms with Crippen molar-refractivity contribution in [3.8, 4) is 5.75 Å². The quantitative estimate of drug-likeness (QED) is 0.819. The van der Waals surface area contributed by atoms with Crippen LogP contribution in [0.5, 0.6) is 5.75 Å². The maximum Gasteiger partial charge on any atom is 0.258 e. The fourth-order valence-corrected chi connectivity index (χ4v) is 2.16. The first kappa shape index (κ1) is 17.0. The Morgan fingerprint density at radius 3 is 2.61 bits per heavy atom. The average molecular weight is 318 g/mol. The number of carbonyl (C=O) groups excluding carboxylic acids is 1. The van der Waals surface area contributed by atoms with Gasteiger partial charge in [0, 0.05) is 12.1 Å². The maximum absolute atomic E-state index is 11.8. The van der Waals surface area contributed by atoms with Crippen molar-refractivity contribution < 1.29 is 19.2 Å². The zero-order valence-corrected chi connectivity index (χ0v) is 13.6. The van der Waals surface area contributed by atoms with Gasteiger partial charge in [0.2, 0.25) is 0 Å². The molecule has 0 fully saturated rings. The van der Waals surface area contributed by atoms with Crippen LogP contribution in [-0.2, 0) is 11.3 Å². The Labute approximate surface area is 135 Å². The highest BCUT2D eigenvalue weighted by Crippen LogP contribution is 2.19. The molecule has 23 heavy (non-hydrogen) atoms. The maximum atomic E-state index is 11.8. The Morgan fingerprint density at radius 2 is 2.04 bits per heavy atom. The molecule has 1 heterocycles. The third kappa shape index (κ3) is 4.56. The van der Waals surface area contributed by atoms with Gasteiger partial charge < -0.3 is 19.7 Å². The van der Waals surface area contributed by atoms with Gasteiger partial charge in [-0.2, -0.15) is 0 Å². The number of amides is 1. The van der Waals surface area contributed by atoms with E-state index in [0.717, 1.165) is 16.8 Å². The zero-order chi connectivity index (χ0) is 16.8. The molecule has 0 saturated heterocycles. The van der Waals surface area contributed by atoms with Crippen LogP contribution in [-0.4, -0.2) is 22.8 Å². The lowest BCUT2D eigenvalue weighted by molar-refractivity contribution is -0.123. The van der Waals surface area contributed by atoms with E-state index in [0.29, 0.717) is 24.5 Å². The predicted molar refractivity (Wildman–Crippen MR) is 85.0 cm³/mol. The first-order valence-electron chi connectivity index (χ1n) is 7.60. The highest BCUT2D eigenvalue weighted by molar-refractivity contribution is 5.77. The number of nitrogens with one attached hydrogen (secondary N) is 1.